The summed E-state index contributed by atoms with van der Waals surface area (Å²) >= 11 is 7.40. The second-order valence-corrected chi connectivity index (χ2v) is 5.80. The lowest BCUT2D eigenvalue weighted by Crippen LogP contribution is -2.35. The number of halogens is 1. The molecule has 0 aliphatic rings. The molecule has 2 nitrogen and oxygen atoms in total. The van der Waals surface area contributed by atoms with Gasteiger partial charge in [0.2, 0.25) is 0 Å². The highest BCUT2D eigenvalue weighted by Gasteiger charge is 2.18. The molecule has 0 aliphatic heterocycles. The smallest absolute Gasteiger partial charge is 0.252 e. The number of hydrogen-bond donors (Lipinski definition) is 1. The summed E-state index contributed by atoms with van der Waals surface area (Å²) in [4.78, 5) is 13.0. The summed E-state index contributed by atoms with van der Waals surface area (Å²) in [5, 5.41) is 2.93. The molecule has 1 rings (SSSR count). The maximum absolute atomic E-state index is 12.0. The van der Waals surface area contributed by atoms with E-state index in [-0.39, 0.29) is 11.3 Å². The van der Waals surface area contributed by atoms with Crippen molar-refractivity contribution in [2.75, 3.05) is 18.7 Å². The molecule has 0 aliphatic carbocycles. The van der Waals surface area contributed by atoms with E-state index in [1.165, 1.54) is 0 Å². The molecule has 0 saturated heterocycles. The van der Waals surface area contributed by atoms with Crippen LogP contribution >= 0.6 is 23.4 Å². The average Bonchev–Trinajstić information content (AvgIpc) is 2.36. The van der Waals surface area contributed by atoms with Crippen LogP contribution in [0.15, 0.2) is 29.2 Å². The normalized spacial score (nSPS) is 11.3. The van der Waals surface area contributed by atoms with Crippen LogP contribution in [0.4, 0.5) is 0 Å². The van der Waals surface area contributed by atoms with E-state index in [4.69, 9.17) is 11.6 Å². The second kappa shape index (κ2) is 6.31. The zero-order valence-corrected chi connectivity index (χ0v) is 12.0. The Bertz CT molecular complexity index is 393. The quantitative estimate of drug-likeness (QED) is 0.657. The highest BCUT2D eigenvalue weighted by Crippen LogP contribution is 2.20. The van der Waals surface area contributed by atoms with Gasteiger partial charge in [0, 0.05) is 17.3 Å². The molecular formula is C13H18ClNOS. The van der Waals surface area contributed by atoms with E-state index in [1.54, 1.807) is 11.8 Å². The van der Waals surface area contributed by atoms with Crippen molar-refractivity contribution in [2.24, 2.45) is 5.41 Å². The van der Waals surface area contributed by atoms with Crippen molar-refractivity contribution in [3.8, 4) is 0 Å². The molecule has 94 valence electrons. The van der Waals surface area contributed by atoms with E-state index in [2.05, 4.69) is 5.32 Å². The zero-order chi connectivity index (χ0) is 12.9. The lowest BCUT2D eigenvalue weighted by molar-refractivity contribution is 0.0937. The predicted molar refractivity (Wildman–Crippen MR) is 75.1 cm³/mol. The van der Waals surface area contributed by atoms with Gasteiger partial charge in [-0.25, -0.2) is 0 Å². The van der Waals surface area contributed by atoms with Crippen molar-refractivity contribution in [1.82, 2.24) is 5.32 Å². The minimum absolute atomic E-state index is 0.0341. The molecule has 0 saturated carbocycles. The molecule has 1 amide bonds. The Morgan fingerprint density at radius 1 is 1.41 bits per heavy atom. The van der Waals surface area contributed by atoms with Gasteiger partial charge in [-0.1, -0.05) is 26.0 Å². The molecule has 0 bridgehead atoms. The van der Waals surface area contributed by atoms with Crippen molar-refractivity contribution in [3.63, 3.8) is 0 Å². The molecule has 1 aromatic rings. The molecule has 1 N–H and O–H groups in total. The lowest BCUT2D eigenvalue weighted by Gasteiger charge is -2.21. The summed E-state index contributed by atoms with van der Waals surface area (Å²) in [6, 6.07) is 7.60. The Labute approximate surface area is 112 Å². The SMILES string of the molecule is CSc1ccccc1C(=O)NCC(C)(C)CCl. The maximum Gasteiger partial charge on any atom is 0.252 e. The fourth-order valence-corrected chi connectivity index (χ4v) is 1.98. The first-order valence-corrected chi connectivity index (χ1v) is 7.23. The van der Waals surface area contributed by atoms with Crippen molar-refractivity contribution >= 4 is 29.3 Å². The van der Waals surface area contributed by atoms with Gasteiger partial charge in [0.25, 0.3) is 5.91 Å². The van der Waals surface area contributed by atoms with E-state index in [0.717, 1.165) is 10.5 Å². The standard InChI is InChI=1S/C13H18ClNOS/c1-13(2,8-14)9-15-12(16)10-6-4-5-7-11(10)17-3/h4-7H,8-9H2,1-3H3,(H,15,16). The number of amides is 1. The Balaban J connectivity index is 2.70. The van der Waals surface area contributed by atoms with Crippen LogP contribution in [0.25, 0.3) is 0 Å². The van der Waals surface area contributed by atoms with E-state index in [1.807, 2.05) is 44.4 Å². The summed E-state index contributed by atoms with van der Waals surface area (Å²) in [7, 11) is 0. The molecule has 0 unspecified atom stereocenters. The number of carbonyl (C=O) groups is 1. The molecule has 0 heterocycles. The Morgan fingerprint density at radius 2 is 2.06 bits per heavy atom. The Morgan fingerprint density at radius 3 is 2.65 bits per heavy atom. The molecule has 0 spiro atoms. The highest BCUT2D eigenvalue weighted by molar-refractivity contribution is 7.98. The van der Waals surface area contributed by atoms with E-state index in [0.29, 0.717) is 12.4 Å². The zero-order valence-electron chi connectivity index (χ0n) is 10.4. The van der Waals surface area contributed by atoms with Crippen LogP contribution in [0, 0.1) is 5.41 Å². The molecule has 4 heteroatoms. The Kier molecular flexibility index (Phi) is 5.34. The molecular weight excluding hydrogens is 254 g/mol. The third-order valence-electron chi connectivity index (χ3n) is 2.44. The topological polar surface area (TPSA) is 29.1 Å². The summed E-state index contributed by atoms with van der Waals surface area (Å²) in [6.07, 6.45) is 1.97. The van der Waals surface area contributed by atoms with Crippen molar-refractivity contribution < 1.29 is 4.79 Å². The van der Waals surface area contributed by atoms with E-state index in [9.17, 15) is 4.79 Å². The van der Waals surface area contributed by atoms with Crippen LogP contribution in [0.3, 0.4) is 0 Å². The minimum Gasteiger partial charge on any atom is -0.351 e. The molecule has 0 atom stereocenters. The number of alkyl halides is 1. The van der Waals surface area contributed by atoms with Crippen LogP contribution in [0.1, 0.15) is 24.2 Å². The summed E-state index contributed by atoms with van der Waals surface area (Å²) < 4.78 is 0. The molecule has 1 aromatic carbocycles. The van der Waals surface area contributed by atoms with Crippen molar-refractivity contribution in [2.45, 2.75) is 18.7 Å². The summed E-state index contributed by atoms with van der Waals surface area (Å²) in [5.74, 6) is 0.491. The van der Waals surface area contributed by atoms with E-state index >= 15 is 0 Å². The van der Waals surface area contributed by atoms with Crippen LogP contribution in [0.5, 0.6) is 0 Å². The number of thioether (sulfide) groups is 1. The predicted octanol–water partition coefficient (Wildman–Crippen LogP) is 3.40. The third kappa shape index (κ3) is 4.25. The minimum atomic E-state index is -0.0779. The third-order valence-corrected chi connectivity index (χ3v) is 3.96. The monoisotopic (exact) mass is 271 g/mol. The van der Waals surface area contributed by atoms with Gasteiger partial charge < -0.3 is 5.32 Å². The maximum atomic E-state index is 12.0. The van der Waals surface area contributed by atoms with Gasteiger partial charge in [0.05, 0.1) is 5.56 Å². The summed E-state index contributed by atoms with van der Waals surface area (Å²) in [6.45, 7) is 4.64. The van der Waals surface area contributed by atoms with Crippen LogP contribution in [-0.2, 0) is 0 Å². The number of nitrogens with one attached hydrogen (secondary N) is 1. The fraction of sp³-hybridized carbons (Fsp3) is 0.462. The van der Waals surface area contributed by atoms with Gasteiger partial charge in [-0.05, 0) is 23.8 Å². The number of rotatable bonds is 5. The highest BCUT2D eigenvalue weighted by atomic mass is 35.5. The average molecular weight is 272 g/mol. The summed E-state index contributed by atoms with van der Waals surface area (Å²) in [5.41, 5.74) is 0.649. The number of carbonyl (C=O) groups excluding carboxylic acids is 1. The molecule has 0 aromatic heterocycles. The van der Waals surface area contributed by atoms with Crippen LogP contribution < -0.4 is 5.32 Å². The Hall–Kier alpha value is -0.670. The van der Waals surface area contributed by atoms with Crippen molar-refractivity contribution in [3.05, 3.63) is 29.8 Å². The molecule has 0 radical (unpaired) electrons. The molecule has 17 heavy (non-hydrogen) atoms. The van der Waals surface area contributed by atoms with Gasteiger partial charge in [-0.3, -0.25) is 4.79 Å². The van der Waals surface area contributed by atoms with Gasteiger partial charge in [-0.2, -0.15) is 0 Å². The first kappa shape index (κ1) is 14.4. The van der Waals surface area contributed by atoms with Crippen molar-refractivity contribution in [1.29, 1.82) is 0 Å². The lowest BCUT2D eigenvalue weighted by atomic mass is 9.96. The van der Waals surface area contributed by atoms with Crippen LogP contribution in [-0.4, -0.2) is 24.6 Å². The first-order chi connectivity index (χ1) is 8.00. The van der Waals surface area contributed by atoms with Gasteiger partial charge in [-0.15, -0.1) is 23.4 Å². The van der Waals surface area contributed by atoms with Gasteiger partial charge in [0.15, 0.2) is 0 Å². The molecule has 0 fully saturated rings. The number of benzene rings is 1. The fourth-order valence-electron chi connectivity index (χ4n) is 1.29. The van der Waals surface area contributed by atoms with E-state index < -0.39 is 0 Å². The van der Waals surface area contributed by atoms with Crippen LogP contribution in [0.2, 0.25) is 0 Å². The van der Waals surface area contributed by atoms with Gasteiger partial charge >= 0.3 is 0 Å². The van der Waals surface area contributed by atoms with Gasteiger partial charge in [0.1, 0.15) is 0 Å². The first-order valence-electron chi connectivity index (χ1n) is 5.47. The number of hydrogen-bond acceptors (Lipinski definition) is 2. The second-order valence-electron chi connectivity index (χ2n) is 4.68. The largest absolute Gasteiger partial charge is 0.351 e.